The fourth-order valence-electron chi connectivity index (χ4n) is 3.10. The second-order valence-electron chi connectivity index (χ2n) is 6.16. The molecule has 1 saturated carbocycles. The van der Waals surface area contributed by atoms with Crippen molar-refractivity contribution in [2.45, 2.75) is 38.8 Å². The van der Waals surface area contributed by atoms with Gasteiger partial charge in [-0.1, -0.05) is 0 Å². The van der Waals surface area contributed by atoms with E-state index in [-0.39, 0.29) is 5.91 Å². The van der Waals surface area contributed by atoms with Crippen LogP contribution in [0.4, 0.5) is 0 Å². The van der Waals surface area contributed by atoms with Crippen LogP contribution in [0.25, 0.3) is 11.0 Å². The van der Waals surface area contributed by atoms with E-state index in [0.29, 0.717) is 12.5 Å². The van der Waals surface area contributed by atoms with Crippen LogP contribution in [0.2, 0.25) is 0 Å². The second-order valence-corrected chi connectivity index (χ2v) is 6.16. The fraction of sp³-hybridized carbons (Fsp3) is 0.500. The SMILES string of the molecule is CNC(Cn1cnc2cc(C)c(C)cc21)(C(N)=O)C1CC1. The Balaban J connectivity index is 2.04. The van der Waals surface area contributed by atoms with Gasteiger partial charge in [0.15, 0.2) is 0 Å². The largest absolute Gasteiger partial charge is 0.368 e. The molecule has 0 aliphatic heterocycles. The molecule has 1 aromatic carbocycles. The summed E-state index contributed by atoms with van der Waals surface area (Å²) in [5.41, 5.74) is 9.50. The first-order valence-corrected chi connectivity index (χ1v) is 7.39. The van der Waals surface area contributed by atoms with Crippen LogP contribution in [0, 0.1) is 19.8 Å². The summed E-state index contributed by atoms with van der Waals surface area (Å²) in [7, 11) is 1.82. The summed E-state index contributed by atoms with van der Waals surface area (Å²) < 4.78 is 2.04. The number of primary amides is 1. The van der Waals surface area contributed by atoms with Gasteiger partial charge in [0.2, 0.25) is 5.91 Å². The van der Waals surface area contributed by atoms with Crippen LogP contribution < -0.4 is 11.1 Å². The smallest absolute Gasteiger partial charge is 0.239 e. The number of carbonyl (C=O) groups excluding carboxylic acids is 1. The van der Waals surface area contributed by atoms with E-state index < -0.39 is 5.54 Å². The minimum atomic E-state index is -0.674. The number of hydrogen-bond acceptors (Lipinski definition) is 3. The maximum atomic E-state index is 12.0. The van der Waals surface area contributed by atoms with Crippen LogP contribution in [0.15, 0.2) is 18.5 Å². The van der Waals surface area contributed by atoms with Crippen molar-refractivity contribution >= 4 is 16.9 Å². The van der Waals surface area contributed by atoms with E-state index in [1.807, 2.05) is 11.6 Å². The zero-order chi connectivity index (χ0) is 15.2. The van der Waals surface area contributed by atoms with Crippen LogP contribution in [0.3, 0.4) is 0 Å². The van der Waals surface area contributed by atoms with Crippen molar-refractivity contribution in [3.63, 3.8) is 0 Å². The molecule has 5 nitrogen and oxygen atoms in total. The summed E-state index contributed by atoms with van der Waals surface area (Å²) in [6.45, 7) is 4.70. The number of fused-ring (bicyclic) bond motifs is 1. The molecule has 1 aliphatic rings. The molecule has 3 N–H and O–H groups in total. The van der Waals surface area contributed by atoms with Gasteiger partial charge in [0.05, 0.1) is 23.9 Å². The maximum Gasteiger partial charge on any atom is 0.239 e. The molecule has 1 heterocycles. The van der Waals surface area contributed by atoms with Crippen LogP contribution in [-0.4, -0.2) is 28.0 Å². The van der Waals surface area contributed by atoms with Crippen LogP contribution in [-0.2, 0) is 11.3 Å². The number of aryl methyl sites for hydroxylation is 2. The summed E-state index contributed by atoms with van der Waals surface area (Å²) in [5, 5.41) is 3.18. The molecule has 3 rings (SSSR count). The first kappa shape index (κ1) is 14.1. The van der Waals surface area contributed by atoms with Crippen LogP contribution in [0.5, 0.6) is 0 Å². The summed E-state index contributed by atoms with van der Waals surface area (Å²) in [5.74, 6) is 0.0437. The summed E-state index contributed by atoms with van der Waals surface area (Å²) in [6.07, 6.45) is 3.91. The van der Waals surface area contributed by atoms with Gasteiger partial charge in [0, 0.05) is 0 Å². The first-order valence-electron chi connectivity index (χ1n) is 7.39. The molecule has 0 radical (unpaired) electrons. The average molecular weight is 286 g/mol. The van der Waals surface area contributed by atoms with E-state index in [9.17, 15) is 4.79 Å². The van der Waals surface area contributed by atoms with Crippen LogP contribution >= 0.6 is 0 Å². The van der Waals surface area contributed by atoms with Gasteiger partial charge in [-0.25, -0.2) is 4.98 Å². The Morgan fingerprint density at radius 2 is 2.10 bits per heavy atom. The molecular weight excluding hydrogens is 264 g/mol. The molecule has 1 aliphatic carbocycles. The zero-order valence-electron chi connectivity index (χ0n) is 12.8. The first-order chi connectivity index (χ1) is 9.98. The number of benzene rings is 1. The molecule has 5 heteroatoms. The lowest BCUT2D eigenvalue weighted by Crippen LogP contribution is -2.58. The Bertz CT molecular complexity index is 702. The lowest BCUT2D eigenvalue weighted by Gasteiger charge is -2.31. The van der Waals surface area contributed by atoms with Crippen molar-refractivity contribution in [3.8, 4) is 0 Å². The Hall–Kier alpha value is -1.88. The highest BCUT2D eigenvalue weighted by Crippen LogP contribution is 2.40. The lowest BCUT2D eigenvalue weighted by atomic mass is 9.92. The van der Waals surface area contributed by atoms with Gasteiger partial charge in [-0.2, -0.15) is 0 Å². The lowest BCUT2D eigenvalue weighted by molar-refractivity contribution is -0.125. The van der Waals surface area contributed by atoms with Gasteiger partial charge in [0.25, 0.3) is 0 Å². The summed E-state index contributed by atoms with van der Waals surface area (Å²) in [6, 6.07) is 4.22. The number of hydrogen-bond donors (Lipinski definition) is 2. The molecule has 21 heavy (non-hydrogen) atoms. The summed E-state index contributed by atoms with van der Waals surface area (Å²) in [4.78, 5) is 16.5. The molecule has 2 aromatic rings. The van der Waals surface area contributed by atoms with E-state index in [1.54, 1.807) is 6.33 Å². The quantitative estimate of drug-likeness (QED) is 0.875. The number of nitrogens with zero attached hydrogens (tertiary/aromatic N) is 2. The van der Waals surface area contributed by atoms with Crippen molar-refractivity contribution in [2.24, 2.45) is 11.7 Å². The van der Waals surface area contributed by atoms with Crippen molar-refractivity contribution < 1.29 is 4.79 Å². The van der Waals surface area contributed by atoms with E-state index in [1.165, 1.54) is 11.1 Å². The van der Waals surface area contributed by atoms with Gasteiger partial charge in [-0.3, -0.25) is 4.79 Å². The topological polar surface area (TPSA) is 72.9 Å². The third-order valence-electron chi connectivity index (χ3n) is 4.82. The predicted octanol–water partition coefficient (Wildman–Crippen LogP) is 1.51. The van der Waals surface area contributed by atoms with Gasteiger partial charge in [-0.05, 0) is 62.9 Å². The zero-order valence-corrected chi connectivity index (χ0v) is 12.8. The second kappa shape index (κ2) is 4.84. The number of nitrogens with two attached hydrogens (primary N) is 1. The third kappa shape index (κ3) is 2.21. The fourth-order valence-corrected chi connectivity index (χ4v) is 3.10. The van der Waals surface area contributed by atoms with E-state index in [2.05, 4.69) is 36.3 Å². The highest BCUT2D eigenvalue weighted by atomic mass is 16.1. The Kier molecular flexibility index (Phi) is 3.24. The third-order valence-corrected chi connectivity index (χ3v) is 4.82. The number of carbonyl (C=O) groups is 1. The van der Waals surface area contributed by atoms with Gasteiger partial charge >= 0.3 is 0 Å². The van der Waals surface area contributed by atoms with E-state index >= 15 is 0 Å². The molecule has 112 valence electrons. The summed E-state index contributed by atoms with van der Waals surface area (Å²) >= 11 is 0. The highest BCUT2D eigenvalue weighted by Gasteiger charge is 2.49. The highest BCUT2D eigenvalue weighted by molar-refractivity contribution is 5.86. The molecule has 1 fully saturated rings. The molecular formula is C16H22N4O. The normalized spacial score (nSPS) is 17.9. The Labute approximate surface area is 124 Å². The number of nitrogens with one attached hydrogen (secondary N) is 1. The predicted molar refractivity (Wildman–Crippen MR) is 82.9 cm³/mol. The minimum absolute atomic E-state index is 0.279. The van der Waals surface area contributed by atoms with Gasteiger partial charge < -0.3 is 15.6 Å². The Morgan fingerprint density at radius 1 is 1.43 bits per heavy atom. The monoisotopic (exact) mass is 286 g/mol. The molecule has 1 atom stereocenters. The molecule has 0 spiro atoms. The Morgan fingerprint density at radius 3 is 2.67 bits per heavy atom. The molecule has 1 amide bonds. The molecule has 1 unspecified atom stereocenters. The number of amides is 1. The van der Waals surface area contributed by atoms with Gasteiger partial charge in [-0.15, -0.1) is 0 Å². The molecule has 0 bridgehead atoms. The number of likely N-dealkylation sites (N-methyl/N-ethyl adjacent to an activating group) is 1. The maximum absolute atomic E-state index is 12.0. The average Bonchev–Trinajstić information content (AvgIpc) is 3.22. The van der Waals surface area contributed by atoms with E-state index in [0.717, 1.165) is 23.9 Å². The minimum Gasteiger partial charge on any atom is -0.368 e. The van der Waals surface area contributed by atoms with Crippen LogP contribution in [0.1, 0.15) is 24.0 Å². The van der Waals surface area contributed by atoms with E-state index in [4.69, 9.17) is 5.73 Å². The number of rotatable bonds is 5. The molecule has 1 aromatic heterocycles. The van der Waals surface area contributed by atoms with Crippen molar-refractivity contribution in [1.82, 2.24) is 14.9 Å². The standard InChI is InChI=1S/C16H22N4O/c1-10-6-13-14(7-11(10)2)20(9-19-13)8-16(18-3,15(17)21)12-4-5-12/h6-7,9,12,18H,4-5,8H2,1-3H3,(H2,17,21). The van der Waals surface area contributed by atoms with Gasteiger partial charge in [0.1, 0.15) is 5.54 Å². The van der Waals surface area contributed by atoms with Crippen molar-refractivity contribution in [3.05, 3.63) is 29.6 Å². The number of imidazole rings is 1. The molecule has 0 saturated heterocycles. The van der Waals surface area contributed by atoms with Crippen molar-refractivity contribution in [1.29, 1.82) is 0 Å². The number of aromatic nitrogens is 2. The van der Waals surface area contributed by atoms with Crippen molar-refractivity contribution in [2.75, 3.05) is 7.05 Å².